The van der Waals surface area contributed by atoms with Gasteiger partial charge in [-0.25, -0.2) is 4.98 Å². The van der Waals surface area contributed by atoms with E-state index in [-0.39, 0.29) is 0 Å². The molecule has 19 heavy (non-hydrogen) atoms. The summed E-state index contributed by atoms with van der Waals surface area (Å²) in [5.74, 6) is 0. The molecule has 2 nitrogen and oxygen atoms in total. The summed E-state index contributed by atoms with van der Waals surface area (Å²) in [6.45, 7) is 5.10. The van der Waals surface area contributed by atoms with Gasteiger partial charge in [0.2, 0.25) is 0 Å². The second-order valence-electron chi connectivity index (χ2n) is 4.70. The van der Waals surface area contributed by atoms with Gasteiger partial charge in [-0.1, -0.05) is 42.8 Å². The molecule has 0 aliphatic heterocycles. The number of hydrogen-bond acceptors (Lipinski definition) is 2. The zero-order chi connectivity index (χ0) is 13.7. The van der Waals surface area contributed by atoms with Crippen LogP contribution in [0, 0.1) is 6.92 Å². The van der Waals surface area contributed by atoms with Crippen molar-refractivity contribution in [3.05, 3.63) is 63.9 Å². The SMILES string of the molecule is CCC(NCc1cccc(Br)n1)c1ccc(C)cc1. The highest BCUT2D eigenvalue weighted by Crippen LogP contribution is 2.18. The number of aromatic nitrogens is 1. The molecule has 0 saturated heterocycles. The van der Waals surface area contributed by atoms with Crippen LogP contribution in [0.2, 0.25) is 0 Å². The lowest BCUT2D eigenvalue weighted by Crippen LogP contribution is -2.20. The summed E-state index contributed by atoms with van der Waals surface area (Å²) in [5.41, 5.74) is 3.69. The molecule has 2 aromatic rings. The minimum absolute atomic E-state index is 0.376. The van der Waals surface area contributed by atoms with Crippen molar-refractivity contribution in [2.24, 2.45) is 0 Å². The molecule has 1 aromatic heterocycles. The summed E-state index contributed by atoms with van der Waals surface area (Å²) in [7, 11) is 0. The number of hydrogen-bond donors (Lipinski definition) is 1. The largest absolute Gasteiger partial charge is 0.304 e. The Hall–Kier alpha value is -1.19. The quantitative estimate of drug-likeness (QED) is 0.827. The molecule has 2 rings (SSSR count). The summed E-state index contributed by atoms with van der Waals surface area (Å²) in [5, 5.41) is 3.57. The molecule has 0 aliphatic rings. The van der Waals surface area contributed by atoms with Gasteiger partial charge in [0.05, 0.1) is 5.69 Å². The van der Waals surface area contributed by atoms with Gasteiger partial charge in [-0.3, -0.25) is 0 Å². The van der Waals surface area contributed by atoms with Crippen molar-refractivity contribution < 1.29 is 0 Å². The number of aryl methyl sites for hydroxylation is 1. The van der Waals surface area contributed by atoms with E-state index in [9.17, 15) is 0 Å². The van der Waals surface area contributed by atoms with Crippen molar-refractivity contribution in [1.82, 2.24) is 10.3 Å². The molecule has 0 amide bonds. The normalized spacial score (nSPS) is 12.4. The molecular formula is C16H19BrN2. The van der Waals surface area contributed by atoms with E-state index >= 15 is 0 Å². The van der Waals surface area contributed by atoms with Crippen LogP contribution in [0.25, 0.3) is 0 Å². The number of rotatable bonds is 5. The lowest BCUT2D eigenvalue weighted by molar-refractivity contribution is 0.514. The van der Waals surface area contributed by atoms with Gasteiger partial charge < -0.3 is 5.32 Å². The second-order valence-corrected chi connectivity index (χ2v) is 5.52. The first-order chi connectivity index (χ1) is 9.19. The molecule has 0 aliphatic carbocycles. The minimum Gasteiger partial charge on any atom is -0.304 e. The summed E-state index contributed by atoms with van der Waals surface area (Å²) in [6.07, 6.45) is 1.07. The number of benzene rings is 1. The fourth-order valence-corrected chi connectivity index (χ4v) is 2.45. The second kappa shape index (κ2) is 6.83. The van der Waals surface area contributed by atoms with Gasteiger partial charge in [0.25, 0.3) is 0 Å². The number of nitrogens with zero attached hydrogens (tertiary/aromatic N) is 1. The topological polar surface area (TPSA) is 24.9 Å². The smallest absolute Gasteiger partial charge is 0.106 e. The molecule has 0 radical (unpaired) electrons. The Labute approximate surface area is 123 Å². The molecule has 0 spiro atoms. The minimum atomic E-state index is 0.376. The first-order valence-corrected chi connectivity index (χ1v) is 7.39. The zero-order valence-electron chi connectivity index (χ0n) is 11.4. The van der Waals surface area contributed by atoms with E-state index in [0.717, 1.165) is 23.3 Å². The van der Waals surface area contributed by atoms with Crippen molar-refractivity contribution in [2.75, 3.05) is 0 Å². The third-order valence-corrected chi connectivity index (χ3v) is 3.63. The Kier molecular flexibility index (Phi) is 5.11. The van der Waals surface area contributed by atoms with Crippen molar-refractivity contribution in [1.29, 1.82) is 0 Å². The highest BCUT2D eigenvalue weighted by atomic mass is 79.9. The maximum absolute atomic E-state index is 4.44. The predicted octanol–water partition coefficient (Wildman–Crippen LogP) is 4.39. The Balaban J connectivity index is 2.01. The Morgan fingerprint density at radius 3 is 2.53 bits per heavy atom. The van der Waals surface area contributed by atoms with Gasteiger partial charge in [0, 0.05) is 12.6 Å². The van der Waals surface area contributed by atoms with Crippen LogP contribution in [-0.4, -0.2) is 4.98 Å². The van der Waals surface area contributed by atoms with Gasteiger partial charge >= 0.3 is 0 Å². The molecule has 1 atom stereocenters. The maximum Gasteiger partial charge on any atom is 0.106 e. The highest BCUT2D eigenvalue weighted by Gasteiger charge is 2.08. The van der Waals surface area contributed by atoms with Gasteiger partial charge in [0.1, 0.15) is 4.60 Å². The number of pyridine rings is 1. The fourth-order valence-electron chi connectivity index (χ4n) is 2.07. The van der Waals surface area contributed by atoms with Crippen molar-refractivity contribution >= 4 is 15.9 Å². The van der Waals surface area contributed by atoms with Crippen LogP contribution < -0.4 is 5.32 Å². The van der Waals surface area contributed by atoms with E-state index in [1.807, 2.05) is 18.2 Å². The maximum atomic E-state index is 4.44. The molecule has 1 aromatic carbocycles. The Bertz CT molecular complexity index is 523. The van der Waals surface area contributed by atoms with Gasteiger partial charge in [0.15, 0.2) is 0 Å². The van der Waals surface area contributed by atoms with Crippen molar-refractivity contribution in [2.45, 2.75) is 32.9 Å². The molecule has 100 valence electrons. The molecule has 0 fully saturated rings. The van der Waals surface area contributed by atoms with Gasteiger partial charge in [-0.15, -0.1) is 0 Å². The lowest BCUT2D eigenvalue weighted by atomic mass is 10.0. The Morgan fingerprint density at radius 1 is 1.16 bits per heavy atom. The van der Waals surface area contributed by atoms with Crippen molar-refractivity contribution in [3.8, 4) is 0 Å². The predicted molar refractivity (Wildman–Crippen MR) is 83.0 cm³/mol. The highest BCUT2D eigenvalue weighted by molar-refractivity contribution is 9.10. The van der Waals surface area contributed by atoms with E-state index in [1.165, 1.54) is 11.1 Å². The zero-order valence-corrected chi connectivity index (χ0v) is 12.9. The molecule has 1 N–H and O–H groups in total. The monoisotopic (exact) mass is 318 g/mol. The summed E-state index contributed by atoms with van der Waals surface area (Å²) in [6, 6.07) is 15.1. The molecule has 1 heterocycles. The summed E-state index contributed by atoms with van der Waals surface area (Å²) < 4.78 is 0.884. The number of halogens is 1. The van der Waals surface area contributed by atoms with Crippen LogP contribution in [0.15, 0.2) is 47.1 Å². The van der Waals surface area contributed by atoms with E-state index in [0.29, 0.717) is 6.04 Å². The van der Waals surface area contributed by atoms with E-state index in [1.54, 1.807) is 0 Å². The van der Waals surface area contributed by atoms with Crippen LogP contribution in [0.5, 0.6) is 0 Å². The molecular weight excluding hydrogens is 300 g/mol. The number of nitrogens with one attached hydrogen (secondary N) is 1. The van der Waals surface area contributed by atoms with Gasteiger partial charge in [-0.05, 0) is 47.0 Å². The van der Waals surface area contributed by atoms with E-state index < -0.39 is 0 Å². The van der Waals surface area contributed by atoms with E-state index in [4.69, 9.17) is 0 Å². The van der Waals surface area contributed by atoms with Crippen LogP contribution in [0.1, 0.15) is 36.2 Å². The van der Waals surface area contributed by atoms with Crippen molar-refractivity contribution in [3.63, 3.8) is 0 Å². The molecule has 0 bridgehead atoms. The third kappa shape index (κ3) is 4.15. The van der Waals surface area contributed by atoms with Crippen LogP contribution in [-0.2, 0) is 6.54 Å². The first-order valence-electron chi connectivity index (χ1n) is 6.60. The summed E-state index contributed by atoms with van der Waals surface area (Å²) in [4.78, 5) is 4.44. The Morgan fingerprint density at radius 2 is 1.89 bits per heavy atom. The molecule has 3 heteroatoms. The standard InChI is InChI=1S/C16H19BrN2/c1-3-15(13-9-7-12(2)8-10-13)18-11-14-5-4-6-16(17)19-14/h4-10,15,18H,3,11H2,1-2H3. The molecule has 0 saturated carbocycles. The summed E-state index contributed by atoms with van der Waals surface area (Å²) >= 11 is 3.40. The average molecular weight is 319 g/mol. The third-order valence-electron chi connectivity index (χ3n) is 3.19. The molecule has 1 unspecified atom stereocenters. The van der Waals surface area contributed by atoms with Crippen LogP contribution in [0.3, 0.4) is 0 Å². The fraction of sp³-hybridized carbons (Fsp3) is 0.312. The first kappa shape index (κ1) is 14.2. The average Bonchev–Trinajstić information content (AvgIpc) is 2.41. The van der Waals surface area contributed by atoms with E-state index in [2.05, 4.69) is 64.3 Å². The van der Waals surface area contributed by atoms with Crippen LogP contribution >= 0.6 is 15.9 Å². The lowest BCUT2D eigenvalue weighted by Gasteiger charge is -2.17. The van der Waals surface area contributed by atoms with Crippen LogP contribution in [0.4, 0.5) is 0 Å². The van der Waals surface area contributed by atoms with Gasteiger partial charge in [-0.2, -0.15) is 0 Å².